The van der Waals surface area contributed by atoms with E-state index in [1.165, 1.54) is 4.57 Å². The van der Waals surface area contributed by atoms with Gasteiger partial charge in [0.15, 0.2) is 5.78 Å². The number of pyridine rings is 1. The minimum atomic E-state index is -0.214. The highest BCUT2D eigenvalue weighted by Crippen LogP contribution is 2.28. The predicted molar refractivity (Wildman–Crippen MR) is 159 cm³/mol. The molecule has 0 aliphatic carbocycles. The molecule has 0 unspecified atom stereocenters. The average molecular weight is 537 g/mol. The highest BCUT2D eigenvalue weighted by molar-refractivity contribution is 6.05. The molecule has 4 rings (SSSR count). The molecule has 7 heteroatoms. The first kappa shape index (κ1) is 28.6. The zero-order valence-corrected chi connectivity index (χ0v) is 24.2. The molecular weight excluding hydrogens is 500 g/mol. The van der Waals surface area contributed by atoms with Crippen molar-refractivity contribution in [3.8, 4) is 11.3 Å². The maximum Gasteiger partial charge on any atom is 0.272 e. The first-order valence-corrected chi connectivity index (χ1v) is 13.4. The summed E-state index contributed by atoms with van der Waals surface area (Å²) >= 11 is 0. The molecule has 0 radical (unpaired) electrons. The lowest BCUT2D eigenvalue weighted by molar-refractivity contribution is 0.0938. The summed E-state index contributed by atoms with van der Waals surface area (Å²) in [6, 6.07) is 16.8. The Kier molecular flexibility index (Phi) is 8.14. The number of ketones is 1. The number of rotatable bonds is 7. The summed E-state index contributed by atoms with van der Waals surface area (Å²) in [6.45, 7) is 12.0. The van der Waals surface area contributed by atoms with Crippen LogP contribution < -0.4 is 10.9 Å². The Labute approximate surface area is 235 Å². The van der Waals surface area contributed by atoms with E-state index in [2.05, 4.69) is 31.1 Å². The summed E-state index contributed by atoms with van der Waals surface area (Å²) in [5, 5.41) is 3.02. The molecule has 1 N–H and O–H groups in total. The van der Waals surface area contributed by atoms with Crippen LogP contribution in [0.4, 0.5) is 5.69 Å². The summed E-state index contributed by atoms with van der Waals surface area (Å²) in [6.07, 6.45) is 3.48. The van der Waals surface area contributed by atoms with Gasteiger partial charge in [0.2, 0.25) is 0 Å². The minimum Gasteiger partial charge on any atom is -0.322 e. The van der Waals surface area contributed by atoms with E-state index in [4.69, 9.17) is 4.98 Å². The smallest absolute Gasteiger partial charge is 0.272 e. The Balaban J connectivity index is 1.60. The predicted octanol–water partition coefficient (Wildman–Crippen LogP) is 6.13. The van der Waals surface area contributed by atoms with Crippen molar-refractivity contribution in [2.75, 3.05) is 5.32 Å². The number of hydrogen-bond donors (Lipinski definition) is 1. The summed E-state index contributed by atoms with van der Waals surface area (Å²) < 4.78 is 1.51. The van der Waals surface area contributed by atoms with Gasteiger partial charge in [0.05, 0.1) is 5.69 Å². The summed E-state index contributed by atoms with van der Waals surface area (Å²) in [4.78, 5) is 47.3. The van der Waals surface area contributed by atoms with Crippen LogP contribution in [0.2, 0.25) is 0 Å². The van der Waals surface area contributed by atoms with Crippen molar-refractivity contribution in [1.82, 2.24) is 14.5 Å². The van der Waals surface area contributed by atoms with E-state index in [1.807, 2.05) is 63.2 Å². The quantitative estimate of drug-likeness (QED) is 0.287. The number of carbonyl (C=O) groups is 2. The lowest BCUT2D eigenvalue weighted by Gasteiger charge is -2.19. The molecule has 0 spiro atoms. The molecule has 0 bridgehead atoms. The third-order valence-corrected chi connectivity index (χ3v) is 6.99. The molecule has 2 aromatic carbocycles. The van der Waals surface area contributed by atoms with Gasteiger partial charge in [-0.1, -0.05) is 58.9 Å². The summed E-state index contributed by atoms with van der Waals surface area (Å²) in [5.74, 6) is -0.282. The number of nitrogens with zero attached hydrogens (tertiary/aromatic N) is 3. The number of Topliss-reactive ketones (excluding diaryl/α,β-unsaturated/α-hetero) is 1. The number of hydrogen-bond acceptors (Lipinski definition) is 5. The van der Waals surface area contributed by atoms with Crippen molar-refractivity contribution in [2.45, 2.75) is 53.4 Å². The van der Waals surface area contributed by atoms with Crippen molar-refractivity contribution < 1.29 is 9.59 Å². The van der Waals surface area contributed by atoms with Gasteiger partial charge in [-0.05, 0) is 53.8 Å². The van der Waals surface area contributed by atoms with Gasteiger partial charge in [0.25, 0.3) is 11.5 Å². The number of aromatic nitrogens is 3. The van der Waals surface area contributed by atoms with Crippen molar-refractivity contribution in [3.05, 3.63) is 111 Å². The molecule has 0 fully saturated rings. The number of aryl methyl sites for hydroxylation is 1. The number of anilines is 1. The molecule has 0 saturated heterocycles. The van der Waals surface area contributed by atoms with E-state index in [9.17, 15) is 14.4 Å². The third kappa shape index (κ3) is 6.25. The van der Waals surface area contributed by atoms with Crippen LogP contribution in [0, 0.1) is 12.8 Å². The van der Waals surface area contributed by atoms with Crippen LogP contribution in [0.15, 0.2) is 71.8 Å². The molecule has 2 aromatic heterocycles. The Hall–Kier alpha value is -4.39. The lowest BCUT2D eigenvalue weighted by atomic mass is 9.86. The van der Waals surface area contributed by atoms with Crippen LogP contribution in [0.5, 0.6) is 0 Å². The highest BCUT2D eigenvalue weighted by Gasteiger charge is 2.17. The lowest BCUT2D eigenvalue weighted by Crippen LogP contribution is -2.23. The van der Waals surface area contributed by atoms with Crippen LogP contribution >= 0.6 is 0 Å². The van der Waals surface area contributed by atoms with Gasteiger partial charge < -0.3 is 9.88 Å². The summed E-state index contributed by atoms with van der Waals surface area (Å²) in [7, 11) is 1.69. The third-order valence-electron chi connectivity index (χ3n) is 6.99. The topological polar surface area (TPSA) is 94.0 Å². The molecule has 206 valence electrons. The Morgan fingerprint density at radius 3 is 2.25 bits per heavy atom. The monoisotopic (exact) mass is 536 g/mol. The molecule has 0 saturated carbocycles. The summed E-state index contributed by atoms with van der Waals surface area (Å²) in [5.41, 5.74) is 6.02. The molecular formula is C33H36N4O3. The van der Waals surface area contributed by atoms with Crippen LogP contribution in [-0.4, -0.2) is 26.2 Å². The second kappa shape index (κ2) is 11.4. The highest BCUT2D eigenvalue weighted by atomic mass is 16.2. The largest absolute Gasteiger partial charge is 0.322 e. The SMILES string of the molecule is Cc1c(NC(=O)c2ccc(C(C)(C)C)cc2)cccc1-c1cn(C)c(=O)c(Cc2ccc(C(=O)C(C)C)cn2)n1. The van der Waals surface area contributed by atoms with Crippen LogP contribution in [0.3, 0.4) is 0 Å². The van der Waals surface area contributed by atoms with E-state index in [1.54, 1.807) is 31.6 Å². The second-order valence-electron chi connectivity index (χ2n) is 11.5. The van der Waals surface area contributed by atoms with Crippen molar-refractivity contribution >= 4 is 17.4 Å². The Morgan fingerprint density at radius 2 is 1.65 bits per heavy atom. The first-order valence-electron chi connectivity index (χ1n) is 13.4. The zero-order valence-electron chi connectivity index (χ0n) is 24.2. The molecule has 7 nitrogen and oxygen atoms in total. The molecule has 2 heterocycles. The number of benzene rings is 2. The molecule has 1 amide bonds. The van der Waals surface area contributed by atoms with Crippen LogP contribution in [0.25, 0.3) is 11.3 Å². The van der Waals surface area contributed by atoms with E-state index in [0.717, 1.165) is 16.7 Å². The van der Waals surface area contributed by atoms with Gasteiger partial charge in [0, 0.05) is 59.9 Å². The van der Waals surface area contributed by atoms with Crippen molar-refractivity contribution in [2.24, 2.45) is 13.0 Å². The maximum absolute atomic E-state index is 13.0. The molecule has 40 heavy (non-hydrogen) atoms. The minimum absolute atomic E-state index is 0.00782. The maximum atomic E-state index is 13.0. The van der Waals surface area contributed by atoms with Gasteiger partial charge in [-0.3, -0.25) is 19.4 Å². The van der Waals surface area contributed by atoms with E-state index in [0.29, 0.717) is 33.9 Å². The van der Waals surface area contributed by atoms with E-state index in [-0.39, 0.29) is 35.0 Å². The van der Waals surface area contributed by atoms with E-state index < -0.39 is 0 Å². The fourth-order valence-electron chi connectivity index (χ4n) is 4.46. The number of amides is 1. The Morgan fingerprint density at radius 1 is 0.975 bits per heavy atom. The first-order chi connectivity index (χ1) is 18.8. The van der Waals surface area contributed by atoms with Crippen molar-refractivity contribution in [3.63, 3.8) is 0 Å². The normalized spacial score (nSPS) is 11.5. The van der Waals surface area contributed by atoms with Crippen LogP contribution in [-0.2, 0) is 18.9 Å². The number of nitrogens with one attached hydrogen (secondary N) is 1. The van der Waals surface area contributed by atoms with Crippen molar-refractivity contribution in [1.29, 1.82) is 0 Å². The van der Waals surface area contributed by atoms with Gasteiger partial charge in [-0.25, -0.2) is 4.98 Å². The standard InChI is InChI=1S/C33H36N4O3/c1-20(2)30(38)23-13-16-25(34-18-23)17-28-32(40)37(7)19-29(35-28)26-9-8-10-27(21(26)3)36-31(39)22-11-14-24(15-12-22)33(4,5)6/h8-16,18-20H,17H2,1-7H3,(H,36,39). The fraction of sp³-hybridized carbons (Fsp3) is 0.303. The van der Waals surface area contributed by atoms with Gasteiger partial charge >= 0.3 is 0 Å². The molecule has 0 atom stereocenters. The second-order valence-corrected chi connectivity index (χ2v) is 11.5. The zero-order chi connectivity index (χ0) is 29.2. The Bertz CT molecular complexity index is 1610. The molecule has 0 aliphatic rings. The van der Waals surface area contributed by atoms with E-state index >= 15 is 0 Å². The average Bonchev–Trinajstić information content (AvgIpc) is 2.92. The van der Waals surface area contributed by atoms with Gasteiger partial charge in [-0.15, -0.1) is 0 Å². The number of carbonyl (C=O) groups excluding carboxylic acids is 2. The molecule has 0 aliphatic heterocycles. The fourth-order valence-corrected chi connectivity index (χ4v) is 4.46. The molecule has 4 aromatic rings. The van der Waals surface area contributed by atoms with Gasteiger partial charge in [-0.2, -0.15) is 0 Å². The van der Waals surface area contributed by atoms with Gasteiger partial charge in [0.1, 0.15) is 5.69 Å². The van der Waals surface area contributed by atoms with Crippen LogP contribution in [0.1, 0.15) is 77.8 Å².